The molecule has 5 heteroatoms. The Morgan fingerprint density at radius 1 is 1.27 bits per heavy atom. The summed E-state index contributed by atoms with van der Waals surface area (Å²) in [6.45, 7) is 4.01. The Morgan fingerprint density at radius 2 is 2.13 bits per heavy atom. The molecule has 3 heterocycles. The van der Waals surface area contributed by atoms with Crippen molar-refractivity contribution in [2.45, 2.75) is 0 Å². The van der Waals surface area contributed by atoms with Gasteiger partial charge in [-0.1, -0.05) is 0 Å². The molecule has 0 atom stereocenters. The molecule has 0 bridgehead atoms. The summed E-state index contributed by atoms with van der Waals surface area (Å²) < 4.78 is 5.18. The molecule has 0 aromatic carbocycles. The summed E-state index contributed by atoms with van der Waals surface area (Å²) in [7, 11) is 0. The van der Waals surface area contributed by atoms with Gasteiger partial charge in [0.1, 0.15) is 11.3 Å². The van der Waals surface area contributed by atoms with Gasteiger partial charge in [-0.15, -0.1) is 0 Å². The lowest BCUT2D eigenvalue weighted by molar-refractivity contribution is 0.575. The third kappa shape index (κ3) is 1.55. The van der Waals surface area contributed by atoms with Gasteiger partial charge in [0.05, 0.1) is 0 Å². The Hall–Kier alpha value is -1.62. The Balaban J connectivity index is 1.95. The van der Waals surface area contributed by atoms with Crippen molar-refractivity contribution in [1.29, 1.82) is 0 Å². The third-order valence-corrected chi connectivity index (χ3v) is 2.62. The molecule has 78 valence electrons. The van der Waals surface area contributed by atoms with Crippen LogP contribution < -0.4 is 10.2 Å². The molecule has 2 aromatic rings. The van der Waals surface area contributed by atoms with E-state index in [4.69, 9.17) is 4.42 Å². The van der Waals surface area contributed by atoms with E-state index < -0.39 is 0 Å². The van der Waals surface area contributed by atoms with Crippen molar-refractivity contribution in [3.8, 4) is 0 Å². The highest BCUT2D eigenvalue weighted by atomic mass is 16.3. The van der Waals surface area contributed by atoms with Gasteiger partial charge in [0.2, 0.25) is 5.71 Å². The van der Waals surface area contributed by atoms with Gasteiger partial charge in [0.15, 0.2) is 6.39 Å². The fourth-order valence-corrected chi connectivity index (χ4v) is 1.81. The van der Waals surface area contributed by atoms with Crippen LogP contribution in [-0.4, -0.2) is 36.1 Å². The van der Waals surface area contributed by atoms with Crippen LogP contribution in [0.15, 0.2) is 22.9 Å². The number of oxazole rings is 1. The van der Waals surface area contributed by atoms with Crippen LogP contribution in [0.3, 0.4) is 0 Å². The molecule has 1 aliphatic heterocycles. The Bertz CT molecular complexity index is 461. The second-order valence-corrected chi connectivity index (χ2v) is 3.58. The average molecular weight is 204 g/mol. The minimum atomic E-state index is 0.617. The van der Waals surface area contributed by atoms with Crippen LogP contribution in [0.2, 0.25) is 0 Å². The maximum atomic E-state index is 5.18. The van der Waals surface area contributed by atoms with Crippen molar-refractivity contribution in [2.24, 2.45) is 0 Å². The molecule has 0 spiro atoms. The average Bonchev–Trinajstić information content (AvgIpc) is 2.77. The lowest BCUT2D eigenvalue weighted by Crippen LogP contribution is -2.43. The normalized spacial score (nSPS) is 17.2. The monoisotopic (exact) mass is 204 g/mol. The molecular weight excluding hydrogens is 192 g/mol. The van der Waals surface area contributed by atoms with E-state index in [1.807, 2.05) is 12.1 Å². The lowest BCUT2D eigenvalue weighted by atomic mass is 10.3. The second kappa shape index (κ2) is 3.51. The number of pyridine rings is 1. The van der Waals surface area contributed by atoms with Crippen LogP contribution in [0.5, 0.6) is 0 Å². The molecule has 1 N–H and O–H groups in total. The molecule has 0 radical (unpaired) electrons. The SMILES string of the molecule is c1nc2ccc(N3CCNCC3)nc2o1. The predicted molar refractivity (Wildman–Crippen MR) is 56.9 cm³/mol. The zero-order chi connectivity index (χ0) is 10.1. The molecule has 0 aliphatic carbocycles. The Morgan fingerprint density at radius 3 is 3.00 bits per heavy atom. The Kier molecular flexibility index (Phi) is 2.03. The van der Waals surface area contributed by atoms with Crippen LogP contribution in [0, 0.1) is 0 Å². The topological polar surface area (TPSA) is 54.2 Å². The van der Waals surface area contributed by atoms with Gasteiger partial charge in [-0.25, -0.2) is 4.98 Å². The van der Waals surface area contributed by atoms with Crippen LogP contribution >= 0.6 is 0 Å². The van der Waals surface area contributed by atoms with E-state index in [9.17, 15) is 0 Å². The summed E-state index contributed by atoms with van der Waals surface area (Å²) in [5.41, 5.74) is 1.43. The van der Waals surface area contributed by atoms with Gasteiger partial charge in [-0.2, -0.15) is 4.98 Å². The number of hydrogen-bond acceptors (Lipinski definition) is 5. The molecule has 2 aromatic heterocycles. The van der Waals surface area contributed by atoms with E-state index in [2.05, 4.69) is 20.2 Å². The highest BCUT2D eigenvalue weighted by Crippen LogP contribution is 2.16. The van der Waals surface area contributed by atoms with E-state index >= 15 is 0 Å². The van der Waals surface area contributed by atoms with Crippen molar-refractivity contribution in [3.05, 3.63) is 18.5 Å². The minimum absolute atomic E-state index is 0.617. The van der Waals surface area contributed by atoms with Crippen LogP contribution in [0.25, 0.3) is 11.2 Å². The molecule has 0 saturated carbocycles. The number of rotatable bonds is 1. The molecule has 0 unspecified atom stereocenters. The molecule has 5 nitrogen and oxygen atoms in total. The van der Waals surface area contributed by atoms with E-state index in [-0.39, 0.29) is 0 Å². The first kappa shape index (κ1) is 8.67. The molecule has 1 saturated heterocycles. The van der Waals surface area contributed by atoms with Gasteiger partial charge in [0, 0.05) is 26.2 Å². The number of fused-ring (bicyclic) bond motifs is 1. The number of hydrogen-bond donors (Lipinski definition) is 1. The first-order chi connectivity index (χ1) is 7.43. The summed E-state index contributed by atoms with van der Waals surface area (Å²) in [4.78, 5) is 10.7. The first-order valence-electron chi connectivity index (χ1n) is 5.09. The summed E-state index contributed by atoms with van der Waals surface area (Å²) in [6.07, 6.45) is 1.43. The molecule has 15 heavy (non-hydrogen) atoms. The third-order valence-electron chi connectivity index (χ3n) is 2.62. The fraction of sp³-hybridized carbons (Fsp3) is 0.400. The summed E-state index contributed by atoms with van der Waals surface area (Å²) >= 11 is 0. The van der Waals surface area contributed by atoms with Crippen LogP contribution in [0.4, 0.5) is 5.82 Å². The lowest BCUT2D eigenvalue weighted by Gasteiger charge is -2.28. The fourth-order valence-electron chi connectivity index (χ4n) is 1.81. The zero-order valence-corrected chi connectivity index (χ0v) is 8.31. The molecule has 3 rings (SSSR count). The number of nitrogens with one attached hydrogen (secondary N) is 1. The largest absolute Gasteiger partial charge is 0.425 e. The molecular formula is C10H12N4O. The van der Waals surface area contributed by atoms with Crippen molar-refractivity contribution in [2.75, 3.05) is 31.1 Å². The van der Waals surface area contributed by atoms with E-state index in [0.29, 0.717) is 5.71 Å². The summed E-state index contributed by atoms with van der Waals surface area (Å²) in [6, 6.07) is 3.94. The quantitative estimate of drug-likeness (QED) is 0.738. The summed E-state index contributed by atoms with van der Waals surface area (Å²) in [5.74, 6) is 0.973. The van der Waals surface area contributed by atoms with Crippen molar-refractivity contribution in [1.82, 2.24) is 15.3 Å². The van der Waals surface area contributed by atoms with E-state index in [1.54, 1.807) is 0 Å². The maximum Gasteiger partial charge on any atom is 0.248 e. The molecule has 1 fully saturated rings. The smallest absolute Gasteiger partial charge is 0.248 e. The molecule has 1 aliphatic rings. The minimum Gasteiger partial charge on any atom is -0.425 e. The van der Waals surface area contributed by atoms with E-state index in [0.717, 1.165) is 37.5 Å². The van der Waals surface area contributed by atoms with Crippen LogP contribution in [-0.2, 0) is 0 Å². The summed E-state index contributed by atoms with van der Waals surface area (Å²) in [5, 5.41) is 3.31. The number of piperazine rings is 1. The standard InChI is InChI=1S/C10H12N4O/c1-2-9(14-5-3-11-4-6-14)13-10-8(1)12-7-15-10/h1-2,7,11H,3-6H2. The number of nitrogens with zero attached hydrogens (tertiary/aromatic N) is 3. The van der Waals surface area contributed by atoms with Gasteiger partial charge >= 0.3 is 0 Å². The van der Waals surface area contributed by atoms with Crippen LogP contribution in [0.1, 0.15) is 0 Å². The predicted octanol–water partition coefficient (Wildman–Crippen LogP) is 0.632. The number of aromatic nitrogens is 2. The maximum absolute atomic E-state index is 5.18. The first-order valence-corrected chi connectivity index (χ1v) is 5.09. The highest BCUT2D eigenvalue weighted by Gasteiger charge is 2.12. The van der Waals surface area contributed by atoms with Crippen molar-refractivity contribution < 1.29 is 4.42 Å². The number of anilines is 1. The molecule has 0 amide bonds. The van der Waals surface area contributed by atoms with E-state index in [1.165, 1.54) is 6.39 Å². The van der Waals surface area contributed by atoms with Gasteiger partial charge < -0.3 is 14.6 Å². The second-order valence-electron chi connectivity index (χ2n) is 3.58. The van der Waals surface area contributed by atoms with Crippen molar-refractivity contribution in [3.63, 3.8) is 0 Å². The van der Waals surface area contributed by atoms with Gasteiger partial charge in [-0.05, 0) is 12.1 Å². The Labute approximate surface area is 87.1 Å². The van der Waals surface area contributed by atoms with Gasteiger partial charge in [-0.3, -0.25) is 0 Å². The van der Waals surface area contributed by atoms with Gasteiger partial charge in [0.25, 0.3) is 0 Å². The highest BCUT2D eigenvalue weighted by molar-refractivity contribution is 5.70. The van der Waals surface area contributed by atoms with Crippen molar-refractivity contribution >= 4 is 17.0 Å². The zero-order valence-electron chi connectivity index (χ0n) is 8.31.